The van der Waals surface area contributed by atoms with Gasteiger partial charge in [0.2, 0.25) is 11.0 Å². The lowest BCUT2D eigenvalue weighted by Crippen LogP contribution is -2.50. The molecule has 1 aliphatic heterocycles. The smallest absolute Gasteiger partial charge is 0.289 e. The zero-order chi connectivity index (χ0) is 22.6. The first-order chi connectivity index (χ1) is 14.5. The fraction of sp³-hybridized carbons (Fsp3) is 0.727. The lowest BCUT2D eigenvalue weighted by molar-refractivity contribution is -0.133. The number of rotatable bonds is 6. The SMILES string of the molecule is CC(C)(C)NS(=O)(=O)c1ccc(C(=O)N2CCN(C(=O)CCC3CCCCC3)CC2)o1. The van der Waals surface area contributed by atoms with Crippen molar-refractivity contribution in [2.24, 2.45) is 5.92 Å². The molecule has 31 heavy (non-hydrogen) atoms. The van der Waals surface area contributed by atoms with Gasteiger partial charge < -0.3 is 14.2 Å². The molecule has 0 bridgehead atoms. The summed E-state index contributed by atoms with van der Waals surface area (Å²) in [4.78, 5) is 28.7. The minimum Gasteiger partial charge on any atom is -0.438 e. The van der Waals surface area contributed by atoms with Gasteiger partial charge in [-0.25, -0.2) is 13.1 Å². The first kappa shape index (κ1) is 23.8. The van der Waals surface area contributed by atoms with Gasteiger partial charge in [-0.2, -0.15) is 0 Å². The van der Waals surface area contributed by atoms with E-state index in [0.29, 0.717) is 38.5 Å². The summed E-state index contributed by atoms with van der Waals surface area (Å²) in [5.74, 6) is 0.480. The maximum atomic E-state index is 12.7. The molecule has 9 heteroatoms. The average Bonchev–Trinajstić information content (AvgIpc) is 3.22. The summed E-state index contributed by atoms with van der Waals surface area (Å²) in [5.41, 5.74) is -0.657. The van der Waals surface area contributed by atoms with Gasteiger partial charge in [-0.05, 0) is 45.2 Å². The van der Waals surface area contributed by atoms with Crippen LogP contribution in [-0.2, 0) is 14.8 Å². The summed E-state index contributed by atoms with van der Waals surface area (Å²) in [7, 11) is -3.84. The van der Waals surface area contributed by atoms with Crippen LogP contribution in [0.25, 0.3) is 0 Å². The molecular formula is C22H35N3O5S. The van der Waals surface area contributed by atoms with Gasteiger partial charge in [-0.1, -0.05) is 32.1 Å². The van der Waals surface area contributed by atoms with Gasteiger partial charge in [-0.15, -0.1) is 0 Å². The summed E-state index contributed by atoms with van der Waals surface area (Å²) < 4.78 is 32.6. The van der Waals surface area contributed by atoms with E-state index in [1.807, 2.05) is 4.90 Å². The molecule has 1 N–H and O–H groups in total. The number of piperazine rings is 1. The fourth-order valence-electron chi connectivity index (χ4n) is 4.31. The second-order valence-corrected chi connectivity index (χ2v) is 11.3. The molecule has 0 aromatic carbocycles. The first-order valence-corrected chi connectivity index (χ1v) is 12.7. The number of furan rings is 1. The van der Waals surface area contributed by atoms with Crippen LogP contribution in [0.5, 0.6) is 0 Å². The third kappa shape index (κ3) is 6.55. The molecule has 1 aromatic rings. The molecule has 1 aromatic heterocycles. The van der Waals surface area contributed by atoms with Gasteiger partial charge in [0.15, 0.2) is 5.76 Å². The number of sulfonamides is 1. The third-order valence-corrected chi connectivity index (χ3v) is 7.54. The van der Waals surface area contributed by atoms with Crippen molar-refractivity contribution in [3.63, 3.8) is 0 Å². The van der Waals surface area contributed by atoms with Crippen LogP contribution in [0, 0.1) is 5.92 Å². The lowest BCUT2D eigenvalue weighted by atomic mass is 9.86. The van der Waals surface area contributed by atoms with Gasteiger partial charge in [0.25, 0.3) is 15.9 Å². The van der Waals surface area contributed by atoms with Gasteiger partial charge in [0.05, 0.1) is 0 Å². The third-order valence-electron chi connectivity index (χ3n) is 5.91. The summed E-state index contributed by atoms with van der Waals surface area (Å²) in [5, 5.41) is -0.276. The van der Waals surface area contributed by atoms with E-state index in [2.05, 4.69) is 4.72 Å². The Balaban J connectivity index is 1.50. The van der Waals surface area contributed by atoms with Crippen molar-refractivity contribution in [2.75, 3.05) is 26.2 Å². The number of carbonyl (C=O) groups excluding carboxylic acids is 2. The molecule has 8 nitrogen and oxygen atoms in total. The van der Waals surface area contributed by atoms with E-state index in [4.69, 9.17) is 4.42 Å². The minimum absolute atomic E-state index is 0.00800. The largest absolute Gasteiger partial charge is 0.438 e. The highest BCUT2D eigenvalue weighted by Gasteiger charge is 2.30. The molecule has 2 fully saturated rings. The highest BCUT2D eigenvalue weighted by atomic mass is 32.2. The van der Waals surface area contributed by atoms with E-state index < -0.39 is 15.6 Å². The molecule has 2 heterocycles. The molecule has 0 spiro atoms. The molecule has 1 aliphatic carbocycles. The maximum Gasteiger partial charge on any atom is 0.289 e. The van der Waals surface area contributed by atoms with Crippen molar-refractivity contribution in [2.45, 2.75) is 76.3 Å². The van der Waals surface area contributed by atoms with Gasteiger partial charge in [0.1, 0.15) is 0 Å². The number of hydrogen-bond acceptors (Lipinski definition) is 5. The van der Waals surface area contributed by atoms with Crippen molar-refractivity contribution in [3.8, 4) is 0 Å². The van der Waals surface area contributed by atoms with E-state index in [-0.39, 0.29) is 22.7 Å². The zero-order valence-electron chi connectivity index (χ0n) is 18.9. The van der Waals surface area contributed by atoms with Crippen LogP contribution in [-0.4, -0.2) is 61.7 Å². The Bertz CT molecular complexity index is 873. The summed E-state index contributed by atoms with van der Waals surface area (Å²) in [6.07, 6.45) is 7.90. The van der Waals surface area contributed by atoms with E-state index in [1.54, 1.807) is 25.7 Å². The van der Waals surface area contributed by atoms with Gasteiger partial charge in [-0.3, -0.25) is 9.59 Å². The number of nitrogens with zero attached hydrogens (tertiary/aromatic N) is 2. The van der Waals surface area contributed by atoms with Crippen LogP contribution in [0.4, 0.5) is 0 Å². The lowest BCUT2D eigenvalue weighted by Gasteiger charge is -2.34. The Morgan fingerprint density at radius 2 is 1.65 bits per heavy atom. The molecule has 1 saturated carbocycles. The van der Waals surface area contributed by atoms with E-state index in [0.717, 1.165) is 6.42 Å². The Morgan fingerprint density at radius 3 is 2.26 bits per heavy atom. The summed E-state index contributed by atoms with van der Waals surface area (Å²) in [6, 6.07) is 2.69. The predicted molar refractivity (Wildman–Crippen MR) is 117 cm³/mol. The van der Waals surface area contributed by atoms with Crippen LogP contribution >= 0.6 is 0 Å². The molecule has 174 valence electrons. The highest BCUT2D eigenvalue weighted by Crippen LogP contribution is 2.27. The molecule has 1 saturated heterocycles. The Hall–Kier alpha value is -1.87. The molecule has 0 radical (unpaired) electrons. The molecule has 0 atom stereocenters. The van der Waals surface area contributed by atoms with Crippen molar-refractivity contribution >= 4 is 21.8 Å². The molecule has 2 aliphatic rings. The molecule has 2 amide bonds. The zero-order valence-corrected chi connectivity index (χ0v) is 19.7. The van der Waals surface area contributed by atoms with E-state index in [9.17, 15) is 18.0 Å². The topological polar surface area (TPSA) is 99.9 Å². The summed E-state index contributed by atoms with van der Waals surface area (Å²) >= 11 is 0. The van der Waals surface area contributed by atoms with Crippen LogP contribution < -0.4 is 4.72 Å². The maximum absolute atomic E-state index is 12.7. The average molecular weight is 454 g/mol. The van der Waals surface area contributed by atoms with E-state index >= 15 is 0 Å². The highest BCUT2D eigenvalue weighted by molar-refractivity contribution is 7.89. The van der Waals surface area contributed by atoms with Gasteiger partial charge >= 0.3 is 0 Å². The van der Waals surface area contributed by atoms with E-state index in [1.165, 1.54) is 44.2 Å². The van der Waals surface area contributed by atoms with Crippen molar-refractivity contribution in [1.82, 2.24) is 14.5 Å². The van der Waals surface area contributed by atoms with Crippen molar-refractivity contribution in [1.29, 1.82) is 0 Å². The monoisotopic (exact) mass is 453 g/mol. The van der Waals surface area contributed by atoms with Gasteiger partial charge in [0, 0.05) is 38.1 Å². The Morgan fingerprint density at radius 1 is 1.03 bits per heavy atom. The van der Waals surface area contributed by atoms with Crippen LogP contribution in [0.15, 0.2) is 21.6 Å². The molecule has 0 unspecified atom stereocenters. The number of hydrogen-bond donors (Lipinski definition) is 1. The Kier molecular flexibility index (Phi) is 7.47. The summed E-state index contributed by atoms with van der Waals surface area (Å²) in [6.45, 7) is 7.01. The standard InChI is InChI=1S/C22H35N3O5S/c1-22(2,3)23-31(28,29)20-12-10-18(30-20)21(27)25-15-13-24(14-16-25)19(26)11-9-17-7-5-4-6-8-17/h10,12,17,23H,4-9,11,13-16H2,1-3H3. The minimum atomic E-state index is -3.84. The molecular weight excluding hydrogens is 418 g/mol. The number of amides is 2. The second kappa shape index (κ2) is 9.73. The van der Waals surface area contributed by atoms with Crippen LogP contribution in [0.2, 0.25) is 0 Å². The molecule has 3 rings (SSSR count). The first-order valence-electron chi connectivity index (χ1n) is 11.3. The fourth-order valence-corrected chi connectivity index (χ4v) is 5.66. The number of carbonyl (C=O) groups is 2. The van der Waals surface area contributed by atoms with Crippen molar-refractivity contribution in [3.05, 3.63) is 17.9 Å². The second-order valence-electron chi connectivity index (χ2n) is 9.69. The Labute approximate surface area is 185 Å². The number of nitrogens with one attached hydrogen (secondary N) is 1. The van der Waals surface area contributed by atoms with Crippen molar-refractivity contribution < 1.29 is 22.4 Å². The normalized spacial score (nSPS) is 18.9. The van der Waals surface area contributed by atoms with Crippen LogP contribution in [0.1, 0.15) is 76.3 Å². The van der Waals surface area contributed by atoms with Crippen LogP contribution in [0.3, 0.4) is 0 Å². The predicted octanol–water partition coefficient (Wildman–Crippen LogP) is 3.00. The quantitative estimate of drug-likeness (QED) is 0.714.